The Morgan fingerprint density at radius 3 is 2.52 bits per heavy atom. The number of carbonyl (C=O) groups excluding carboxylic acids is 1. The van der Waals surface area contributed by atoms with E-state index in [4.69, 9.17) is 0 Å². The maximum absolute atomic E-state index is 12.2. The molecule has 1 aliphatic carbocycles. The fraction of sp³-hybridized carbons (Fsp3) is 0.316. The van der Waals surface area contributed by atoms with E-state index >= 15 is 0 Å². The summed E-state index contributed by atoms with van der Waals surface area (Å²) in [6, 6.07) is 18.7. The fourth-order valence-electron chi connectivity index (χ4n) is 3.14. The van der Waals surface area contributed by atoms with Crippen LogP contribution < -0.4 is 5.32 Å². The van der Waals surface area contributed by atoms with E-state index in [-0.39, 0.29) is 17.7 Å². The molecule has 2 heteroatoms. The average molecular weight is 279 g/mol. The maximum Gasteiger partial charge on any atom is 0.167 e. The summed E-state index contributed by atoms with van der Waals surface area (Å²) in [7, 11) is 0. The van der Waals surface area contributed by atoms with Gasteiger partial charge in [0.1, 0.15) is 0 Å². The highest BCUT2D eigenvalue weighted by atomic mass is 16.1. The first-order valence-electron chi connectivity index (χ1n) is 7.68. The van der Waals surface area contributed by atoms with Crippen LogP contribution in [-0.4, -0.2) is 12.3 Å². The second-order valence-corrected chi connectivity index (χ2v) is 5.76. The summed E-state index contributed by atoms with van der Waals surface area (Å²) >= 11 is 0. The first-order chi connectivity index (χ1) is 10.3. The van der Waals surface area contributed by atoms with Gasteiger partial charge in [0.05, 0.1) is 0 Å². The van der Waals surface area contributed by atoms with Crippen molar-refractivity contribution in [3.05, 3.63) is 71.3 Å². The largest absolute Gasteiger partial charge is 0.309 e. The molecular formula is C19H21NO. The van der Waals surface area contributed by atoms with Gasteiger partial charge in [-0.05, 0) is 30.5 Å². The Labute approximate surface area is 126 Å². The van der Waals surface area contributed by atoms with Crippen LogP contribution in [0.4, 0.5) is 0 Å². The van der Waals surface area contributed by atoms with Crippen LogP contribution in [0.2, 0.25) is 0 Å². The first-order valence-corrected chi connectivity index (χ1v) is 7.68. The molecular weight excluding hydrogens is 258 g/mol. The van der Waals surface area contributed by atoms with Crippen LogP contribution in [-0.2, 0) is 6.42 Å². The van der Waals surface area contributed by atoms with E-state index in [1.165, 1.54) is 5.56 Å². The Kier molecular flexibility index (Phi) is 4.16. The van der Waals surface area contributed by atoms with Crippen molar-refractivity contribution in [2.45, 2.75) is 25.8 Å². The van der Waals surface area contributed by atoms with Gasteiger partial charge in [-0.2, -0.15) is 0 Å². The molecule has 1 N–H and O–H groups in total. The Hall–Kier alpha value is -1.93. The summed E-state index contributed by atoms with van der Waals surface area (Å²) in [6.45, 7) is 2.96. The van der Waals surface area contributed by atoms with Gasteiger partial charge in [-0.3, -0.25) is 4.79 Å². The molecule has 0 aromatic heterocycles. The van der Waals surface area contributed by atoms with Crippen molar-refractivity contribution in [1.29, 1.82) is 0 Å². The number of Topliss-reactive ketones (excluding diaryl/α,β-unsaturated/α-hetero) is 1. The molecule has 0 saturated heterocycles. The lowest BCUT2D eigenvalue weighted by Crippen LogP contribution is -2.26. The van der Waals surface area contributed by atoms with Gasteiger partial charge in [-0.15, -0.1) is 0 Å². The monoisotopic (exact) mass is 279 g/mol. The van der Waals surface area contributed by atoms with E-state index < -0.39 is 0 Å². The van der Waals surface area contributed by atoms with Crippen LogP contribution in [0.3, 0.4) is 0 Å². The number of ketones is 1. The highest BCUT2D eigenvalue weighted by molar-refractivity contribution is 6.02. The van der Waals surface area contributed by atoms with Gasteiger partial charge in [-0.25, -0.2) is 0 Å². The molecule has 2 aromatic rings. The Morgan fingerprint density at radius 1 is 1.00 bits per heavy atom. The molecule has 108 valence electrons. The third-order valence-corrected chi connectivity index (χ3v) is 4.32. The van der Waals surface area contributed by atoms with Crippen molar-refractivity contribution in [3.63, 3.8) is 0 Å². The predicted octanol–water partition coefficient (Wildman–Crippen LogP) is 3.78. The molecule has 1 aliphatic rings. The standard InChI is InChI=1S/C19H21NO/c1-14-18(16-11-5-6-12-17(16)19(14)21)20-13-7-10-15-8-3-2-4-9-15/h2-6,8-9,11-12,14,18,20H,7,10,13H2,1H3. The van der Waals surface area contributed by atoms with Gasteiger partial charge in [0, 0.05) is 17.5 Å². The minimum absolute atomic E-state index is 0.0409. The van der Waals surface area contributed by atoms with E-state index in [9.17, 15) is 4.79 Å². The highest BCUT2D eigenvalue weighted by Gasteiger charge is 2.35. The lowest BCUT2D eigenvalue weighted by molar-refractivity contribution is 0.0927. The molecule has 0 radical (unpaired) electrons. The lowest BCUT2D eigenvalue weighted by atomic mass is 10.0. The Balaban J connectivity index is 1.57. The summed E-state index contributed by atoms with van der Waals surface area (Å²) in [4.78, 5) is 12.2. The van der Waals surface area contributed by atoms with E-state index in [0.29, 0.717) is 0 Å². The van der Waals surface area contributed by atoms with Crippen LogP contribution >= 0.6 is 0 Å². The number of hydrogen-bond acceptors (Lipinski definition) is 2. The van der Waals surface area contributed by atoms with Gasteiger partial charge in [0.2, 0.25) is 0 Å². The quantitative estimate of drug-likeness (QED) is 0.844. The molecule has 0 spiro atoms. The van der Waals surface area contributed by atoms with E-state index in [1.807, 2.05) is 31.2 Å². The van der Waals surface area contributed by atoms with E-state index in [0.717, 1.165) is 30.5 Å². The molecule has 0 bridgehead atoms. The van der Waals surface area contributed by atoms with E-state index in [2.05, 4.69) is 35.6 Å². The number of nitrogens with one attached hydrogen (secondary N) is 1. The third-order valence-electron chi connectivity index (χ3n) is 4.32. The summed E-state index contributed by atoms with van der Waals surface area (Å²) in [5.41, 5.74) is 3.43. The van der Waals surface area contributed by atoms with Gasteiger partial charge in [0.15, 0.2) is 5.78 Å². The Bertz CT molecular complexity index is 620. The summed E-state index contributed by atoms with van der Waals surface area (Å²) < 4.78 is 0. The molecule has 3 rings (SSSR count). The van der Waals surface area contributed by atoms with E-state index in [1.54, 1.807) is 0 Å². The second-order valence-electron chi connectivity index (χ2n) is 5.76. The third kappa shape index (κ3) is 2.91. The molecule has 2 nitrogen and oxygen atoms in total. The zero-order valence-electron chi connectivity index (χ0n) is 12.4. The average Bonchev–Trinajstić information content (AvgIpc) is 2.77. The van der Waals surface area contributed by atoms with Crippen LogP contribution in [0.25, 0.3) is 0 Å². The predicted molar refractivity (Wildman–Crippen MR) is 85.4 cm³/mol. The summed E-state index contributed by atoms with van der Waals surface area (Å²) in [5, 5.41) is 3.57. The number of fused-ring (bicyclic) bond motifs is 1. The zero-order valence-corrected chi connectivity index (χ0v) is 12.4. The molecule has 2 atom stereocenters. The topological polar surface area (TPSA) is 29.1 Å². The number of hydrogen-bond donors (Lipinski definition) is 1. The normalized spacial score (nSPS) is 20.5. The number of carbonyl (C=O) groups is 1. The van der Waals surface area contributed by atoms with Crippen LogP contribution in [0.1, 0.15) is 40.9 Å². The maximum atomic E-state index is 12.2. The minimum atomic E-state index is 0.0409. The smallest absolute Gasteiger partial charge is 0.167 e. The summed E-state index contributed by atoms with van der Waals surface area (Å²) in [6.07, 6.45) is 2.16. The van der Waals surface area contributed by atoms with Crippen LogP contribution in [0, 0.1) is 5.92 Å². The van der Waals surface area contributed by atoms with Crippen molar-refractivity contribution in [2.75, 3.05) is 6.54 Å². The van der Waals surface area contributed by atoms with Crippen LogP contribution in [0.15, 0.2) is 54.6 Å². The van der Waals surface area contributed by atoms with Crippen molar-refractivity contribution in [3.8, 4) is 0 Å². The second kappa shape index (κ2) is 6.23. The molecule has 21 heavy (non-hydrogen) atoms. The van der Waals surface area contributed by atoms with Gasteiger partial charge in [0.25, 0.3) is 0 Å². The highest BCUT2D eigenvalue weighted by Crippen LogP contribution is 2.35. The molecule has 0 saturated carbocycles. The molecule has 0 amide bonds. The molecule has 0 heterocycles. The van der Waals surface area contributed by atoms with Gasteiger partial charge < -0.3 is 5.32 Å². The number of aryl methyl sites for hydroxylation is 1. The van der Waals surface area contributed by atoms with Gasteiger partial charge >= 0.3 is 0 Å². The van der Waals surface area contributed by atoms with Gasteiger partial charge in [-0.1, -0.05) is 61.5 Å². The van der Waals surface area contributed by atoms with Crippen LogP contribution in [0.5, 0.6) is 0 Å². The van der Waals surface area contributed by atoms with Crippen molar-refractivity contribution >= 4 is 5.78 Å². The zero-order chi connectivity index (χ0) is 14.7. The SMILES string of the molecule is CC1C(=O)c2ccccc2C1NCCCc1ccccc1. The molecule has 0 aliphatic heterocycles. The first kappa shape index (κ1) is 14.0. The minimum Gasteiger partial charge on any atom is -0.309 e. The number of rotatable bonds is 5. The molecule has 2 unspecified atom stereocenters. The van der Waals surface area contributed by atoms with Crippen molar-refractivity contribution < 1.29 is 4.79 Å². The number of benzene rings is 2. The van der Waals surface area contributed by atoms with Crippen molar-refractivity contribution in [1.82, 2.24) is 5.32 Å². The Morgan fingerprint density at radius 2 is 1.71 bits per heavy atom. The van der Waals surface area contributed by atoms with Crippen molar-refractivity contribution in [2.24, 2.45) is 5.92 Å². The molecule has 2 aromatic carbocycles. The lowest BCUT2D eigenvalue weighted by Gasteiger charge is -2.17. The fourth-order valence-corrected chi connectivity index (χ4v) is 3.14. The summed E-state index contributed by atoms with van der Waals surface area (Å²) in [5.74, 6) is 0.310. The molecule has 0 fully saturated rings.